The van der Waals surface area contributed by atoms with Crippen LogP contribution in [0.4, 0.5) is 0 Å². The molecule has 1 aromatic rings. The van der Waals surface area contributed by atoms with E-state index >= 15 is 0 Å². The summed E-state index contributed by atoms with van der Waals surface area (Å²) in [6.07, 6.45) is 0. The standard InChI is InChI=1S/C14H22ClNO3S/c1-4-20(17,18)9-8-19-14-7-5-6-13(15)12(14)10-16-11(2)3/h5-7,11,16H,4,8-10H2,1-3H3. The summed E-state index contributed by atoms with van der Waals surface area (Å²) < 4.78 is 28.5. The number of nitrogens with one attached hydrogen (secondary N) is 1. The summed E-state index contributed by atoms with van der Waals surface area (Å²) in [5.41, 5.74) is 0.858. The quantitative estimate of drug-likeness (QED) is 0.800. The third-order valence-electron chi connectivity index (χ3n) is 2.85. The maximum absolute atomic E-state index is 11.4. The van der Waals surface area contributed by atoms with Crippen LogP contribution in [-0.4, -0.2) is 32.6 Å². The lowest BCUT2D eigenvalue weighted by Crippen LogP contribution is -2.23. The highest BCUT2D eigenvalue weighted by molar-refractivity contribution is 7.91. The van der Waals surface area contributed by atoms with Gasteiger partial charge in [0, 0.05) is 28.9 Å². The second kappa shape index (κ2) is 7.86. The van der Waals surface area contributed by atoms with Crippen molar-refractivity contribution in [1.29, 1.82) is 0 Å². The Kier molecular flexibility index (Phi) is 6.79. The van der Waals surface area contributed by atoms with Crippen LogP contribution in [0.1, 0.15) is 26.3 Å². The van der Waals surface area contributed by atoms with Crippen LogP contribution >= 0.6 is 11.6 Å². The van der Waals surface area contributed by atoms with Crippen LogP contribution in [0.3, 0.4) is 0 Å². The molecule has 1 rings (SSSR count). The van der Waals surface area contributed by atoms with E-state index in [4.69, 9.17) is 16.3 Å². The topological polar surface area (TPSA) is 55.4 Å². The van der Waals surface area contributed by atoms with E-state index in [2.05, 4.69) is 5.32 Å². The van der Waals surface area contributed by atoms with Crippen LogP contribution < -0.4 is 10.1 Å². The van der Waals surface area contributed by atoms with Gasteiger partial charge >= 0.3 is 0 Å². The molecule has 6 heteroatoms. The van der Waals surface area contributed by atoms with Crippen molar-refractivity contribution in [3.63, 3.8) is 0 Å². The van der Waals surface area contributed by atoms with E-state index in [0.29, 0.717) is 23.4 Å². The number of sulfone groups is 1. The van der Waals surface area contributed by atoms with Crippen LogP contribution in [0.15, 0.2) is 18.2 Å². The zero-order valence-corrected chi connectivity index (χ0v) is 13.7. The number of ether oxygens (including phenoxy) is 1. The summed E-state index contributed by atoms with van der Waals surface area (Å²) in [6, 6.07) is 5.74. The number of halogens is 1. The minimum atomic E-state index is -3.01. The van der Waals surface area contributed by atoms with Crippen molar-refractivity contribution in [3.8, 4) is 5.75 Å². The second-order valence-electron chi connectivity index (χ2n) is 4.84. The molecule has 0 bridgehead atoms. The molecular formula is C14H22ClNO3S. The molecule has 1 N–H and O–H groups in total. The lowest BCUT2D eigenvalue weighted by molar-refractivity contribution is 0.335. The lowest BCUT2D eigenvalue weighted by atomic mass is 10.2. The lowest BCUT2D eigenvalue weighted by Gasteiger charge is -2.15. The Bertz CT molecular complexity index is 529. The van der Waals surface area contributed by atoms with Crippen molar-refractivity contribution in [2.24, 2.45) is 0 Å². The van der Waals surface area contributed by atoms with Gasteiger partial charge in [-0.1, -0.05) is 38.4 Å². The average Bonchev–Trinajstić information content (AvgIpc) is 2.37. The highest BCUT2D eigenvalue weighted by Crippen LogP contribution is 2.26. The number of hydrogen-bond donors (Lipinski definition) is 1. The molecular weight excluding hydrogens is 298 g/mol. The molecule has 0 saturated carbocycles. The molecule has 0 amide bonds. The van der Waals surface area contributed by atoms with Crippen molar-refractivity contribution in [3.05, 3.63) is 28.8 Å². The Morgan fingerprint density at radius 1 is 1.35 bits per heavy atom. The van der Waals surface area contributed by atoms with Crippen LogP contribution in [0, 0.1) is 0 Å². The number of rotatable bonds is 8. The second-order valence-corrected chi connectivity index (χ2v) is 7.72. The fraction of sp³-hybridized carbons (Fsp3) is 0.571. The van der Waals surface area contributed by atoms with Crippen molar-refractivity contribution in [1.82, 2.24) is 5.32 Å². The Hall–Kier alpha value is -0.780. The third kappa shape index (κ3) is 5.69. The zero-order valence-electron chi connectivity index (χ0n) is 12.1. The van der Waals surface area contributed by atoms with E-state index in [0.717, 1.165) is 5.56 Å². The summed E-state index contributed by atoms with van der Waals surface area (Å²) in [7, 11) is -3.01. The molecule has 0 aliphatic rings. The summed E-state index contributed by atoms with van der Waals surface area (Å²) in [5, 5.41) is 3.90. The third-order valence-corrected chi connectivity index (χ3v) is 4.88. The van der Waals surface area contributed by atoms with Gasteiger partial charge in [-0.25, -0.2) is 8.42 Å². The fourth-order valence-corrected chi connectivity index (χ4v) is 2.43. The Morgan fingerprint density at radius 3 is 2.65 bits per heavy atom. The van der Waals surface area contributed by atoms with Crippen molar-refractivity contribution >= 4 is 21.4 Å². The average molecular weight is 320 g/mol. The number of hydrogen-bond acceptors (Lipinski definition) is 4. The van der Waals surface area contributed by atoms with E-state index < -0.39 is 9.84 Å². The van der Waals surface area contributed by atoms with Crippen LogP contribution in [0.25, 0.3) is 0 Å². The Balaban J connectivity index is 2.72. The molecule has 0 atom stereocenters. The van der Waals surface area contributed by atoms with Gasteiger partial charge in [-0.05, 0) is 12.1 Å². The summed E-state index contributed by atoms with van der Waals surface area (Å²) in [5.74, 6) is 0.790. The van der Waals surface area contributed by atoms with Gasteiger partial charge in [0.05, 0.1) is 5.75 Å². The van der Waals surface area contributed by atoms with E-state index in [-0.39, 0.29) is 18.1 Å². The van der Waals surface area contributed by atoms with Crippen LogP contribution in [-0.2, 0) is 16.4 Å². The monoisotopic (exact) mass is 319 g/mol. The minimum absolute atomic E-state index is 0.0209. The first kappa shape index (κ1) is 17.3. The van der Waals surface area contributed by atoms with Crippen LogP contribution in [0.2, 0.25) is 5.02 Å². The molecule has 0 aromatic heterocycles. The predicted octanol–water partition coefficient (Wildman–Crippen LogP) is 2.65. The molecule has 0 fully saturated rings. The molecule has 1 aromatic carbocycles. The highest BCUT2D eigenvalue weighted by Gasteiger charge is 2.11. The van der Waals surface area contributed by atoms with E-state index in [1.807, 2.05) is 19.9 Å². The van der Waals surface area contributed by atoms with E-state index in [9.17, 15) is 8.42 Å². The van der Waals surface area contributed by atoms with Gasteiger partial charge in [-0.15, -0.1) is 0 Å². The molecule has 0 unspecified atom stereocenters. The van der Waals surface area contributed by atoms with Gasteiger partial charge < -0.3 is 10.1 Å². The van der Waals surface area contributed by atoms with Crippen LogP contribution in [0.5, 0.6) is 5.75 Å². The van der Waals surface area contributed by atoms with Crippen molar-refractivity contribution in [2.45, 2.75) is 33.4 Å². The summed E-state index contributed by atoms with van der Waals surface area (Å²) in [4.78, 5) is 0. The first-order valence-corrected chi connectivity index (χ1v) is 8.89. The minimum Gasteiger partial charge on any atom is -0.492 e. The summed E-state index contributed by atoms with van der Waals surface area (Å²) in [6.45, 7) is 6.46. The Labute approximate surface area is 126 Å². The predicted molar refractivity (Wildman–Crippen MR) is 83.3 cm³/mol. The first-order chi connectivity index (χ1) is 9.35. The number of benzene rings is 1. The molecule has 0 heterocycles. The zero-order chi connectivity index (χ0) is 15.2. The van der Waals surface area contributed by atoms with Gasteiger partial charge in [0.15, 0.2) is 9.84 Å². The maximum atomic E-state index is 11.4. The van der Waals surface area contributed by atoms with Gasteiger partial charge in [0.2, 0.25) is 0 Å². The molecule has 20 heavy (non-hydrogen) atoms. The highest BCUT2D eigenvalue weighted by atomic mass is 35.5. The molecule has 0 radical (unpaired) electrons. The van der Waals surface area contributed by atoms with Gasteiger partial charge in [-0.2, -0.15) is 0 Å². The van der Waals surface area contributed by atoms with Gasteiger partial charge in [0.25, 0.3) is 0 Å². The largest absolute Gasteiger partial charge is 0.492 e. The first-order valence-electron chi connectivity index (χ1n) is 6.69. The van der Waals surface area contributed by atoms with Crippen molar-refractivity contribution in [2.75, 3.05) is 18.1 Å². The fourth-order valence-electron chi connectivity index (χ4n) is 1.57. The van der Waals surface area contributed by atoms with Gasteiger partial charge in [-0.3, -0.25) is 0 Å². The molecule has 0 aliphatic heterocycles. The SMILES string of the molecule is CCS(=O)(=O)CCOc1cccc(Cl)c1CNC(C)C. The smallest absolute Gasteiger partial charge is 0.153 e. The molecule has 0 aliphatic carbocycles. The molecule has 0 spiro atoms. The van der Waals surface area contributed by atoms with Gasteiger partial charge in [0.1, 0.15) is 12.4 Å². The Morgan fingerprint density at radius 2 is 2.05 bits per heavy atom. The van der Waals surface area contributed by atoms with E-state index in [1.165, 1.54) is 0 Å². The molecule has 4 nitrogen and oxygen atoms in total. The molecule has 0 saturated heterocycles. The molecule has 114 valence electrons. The summed E-state index contributed by atoms with van der Waals surface area (Å²) >= 11 is 6.17. The van der Waals surface area contributed by atoms with Crippen molar-refractivity contribution < 1.29 is 13.2 Å². The maximum Gasteiger partial charge on any atom is 0.153 e. The normalized spacial score (nSPS) is 11.8. The van der Waals surface area contributed by atoms with E-state index in [1.54, 1.807) is 19.1 Å².